The molecule has 0 unspecified atom stereocenters. The summed E-state index contributed by atoms with van der Waals surface area (Å²) in [6, 6.07) is 11.0. The van der Waals surface area contributed by atoms with Crippen LogP contribution in [-0.4, -0.2) is 113 Å². The quantitative estimate of drug-likeness (QED) is 0.270. The van der Waals surface area contributed by atoms with Crippen molar-refractivity contribution in [2.75, 3.05) is 46.3 Å². The number of fused-ring (bicyclic) bond motifs is 6. The van der Waals surface area contributed by atoms with E-state index in [2.05, 4.69) is 16.8 Å². The molecule has 1 aromatic heterocycles. The standard InChI is InChI=1S/C41H50ClN7O7/c1-24(2)36(46(5)38(52)29-20-47(21-29)35(50)17-42)37(51)44-33-14-25-12-27(15-30(13-25)55-6)26-9-10-31-28(18-43)19-48(34(31)16-26)22-41(3,4)23-56-40(54)32-8-7-11-49(45-32)39(33)53/h9-10,12-13,15-16,19,24,29,32-33,36,45H,7-8,11,14,17,20-23H2,1-6H3,(H,44,51)/t32-,33-,36-/m0/s1. The van der Waals surface area contributed by atoms with Gasteiger partial charge in [-0.2, -0.15) is 5.26 Å². The Morgan fingerprint density at radius 3 is 2.57 bits per heavy atom. The number of nitrogens with zero attached hydrogens (tertiary/aromatic N) is 5. The number of benzene rings is 2. The minimum Gasteiger partial charge on any atom is -0.497 e. The van der Waals surface area contributed by atoms with Crippen molar-refractivity contribution in [2.45, 2.75) is 71.6 Å². The molecule has 15 heteroatoms. The van der Waals surface area contributed by atoms with Gasteiger partial charge < -0.3 is 29.2 Å². The molecule has 3 atom stereocenters. The first-order valence-electron chi connectivity index (χ1n) is 19.0. The maximum absolute atomic E-state index is 14.5. The highest BCUT2D eigenvalue weighted by molar-refractivity contribution is 6.27. The molecule has 6 bridgehead atoms. The zero-order valence-electron chi connectivity index (χ0n) is 32.8. The molecule has 0 radical (unpaired) electrons. The van der Waals surface area contributed by atoms with Crippen LogP contribution >= 0.6 is 11.6 Å². The van der Waals surface area contributed by atoms with Crippen molar-refractivity contribution in [1.29, 1.82) is 5.26 Å². The van der Waals surface area contributed by atoms with Gasteiger partial charge in [-0.25, -0.2) is 5.43 Å². The monoisotopic (exact) mass is 787 g/mol. The first kappa shape index (κ1) is 40.5. The first-order chi connectivity index (χ1) is 26.6. The molecule has 0 saturated carbocycles. The van der Waals surface area contributed by atoms with Crippen LogP contribution in [0.5, 0.6) is 5.75 Å². The van der Waals surface area contributed by atoms with Crippen molar-refractivity contribution in [2.24, 2.45) is 17.3 Å². The lowest BCUT2D eigenvalue weighted by Gasteiger charge is -2.42. The second kappa shape index (κ2) is 16.5. The SMILES string of the molecule is COc1cc2cc(c1)-c1ccc3c(C#N)cn(c3c1)CC(C)(C)COC(=O)[C@@H]1CCCN(N1)C(=O)[C@@H](NC(=O)[C@H](C(C)C)N(C)C(=O)C1CN(C(=O)CCl)C1)C2. The fourth-order valence-corrected chi connectivity index (χ4v) is 8.07. The lowest BCUT2D eigenvalue weighted by molar-refractivity contribution is -0.155. The minimum atomic E-state index is -1.11. The van der Waals surface area contributed by atoms with Crippen molar-refractivity contribution < 1.29 is 33.4 Å². The largest absolute Gasteiger partial charge is 0.497 e. The molecule has 56 heavy (non-hydrogen) atoms. The van der Waals surface area contributed by atoms with Gasteiger partial charge in [-0.05, 0) is 53.6 Å². The predicted octanol–water partition coefficient (Wildman–Crippen LogP) is 3.47. The van der Waals surface area contributed by atoms with E-state index in [1.54, 1.807) is 14.2 Å². The molecule has 2 aromatic carbocycles. The molecule has 14 nitrogen and oxygen atoms in total. The molecule has 298 valence electrons. The molecule has 3 aliphatic rings. The number of cyclic esters (lactones) is 1. The topological polar surface area (TPSA) is 166 Å². The number of nitriles is 1. The van der Waals surface area contributed by atoms with E-state index < -0.39 is 47.2 Å². The predicted molar refractivity (Wildman–Crippen MR) is 209 cm³/mol. The Morgan fingerprint density at radius 2 is 1.89 bits per heavy atom. The summed E-state index contributed by atoms with van der Waals surface area (Å²) in [5, 5.41) is 15.1. The van der Waals surface area contributed by atoms with Crippen LogP contribution < -0.4 is 15.5 Å². The normalized spacial score (nSPS) is 20.7. The number of ether oxygens (including phenoxy) is 2. The number of nitrogens with one attached hydrogen (secondary N) is 2. The van der Waals surface area contributed by atoms with E-state index in [1.807, 2.05) is 74.9 Å². The summed E-state index contributed by atoms with van der Waals surface area (Å²) in [5.41, 5.74) is 6.29. The van der Waals surface area contributed by atoms with E-state index in [0.717, 1.165) is 22.0 Å². The Balaban J connectivity index is 1.37. The highest BCUT2D eigenvalue weighted by Gasteiger charge is 2.42. The second-order valence-corrected chi connectivity index (χ2v) is 16.5. The van der Waals surface area contributed by atoms with E-state index in [0.29, 0.717) is 42.8 Å². The van der Waals surface area contributed by atoms with Crippen molar-refractivity contribution >= 4 is 52.1 Å². The Labute approximate surface area is 332 Å². The van der Waals surface area contributed by atoms with Gasteiger partial charge in [0.25, 0.3) is 5.91 Å². The molecule has 6 rings (SSSR count). The number of rotatable bonds is 7. The zero-order chi connectivity index (χ0) is 40.5. The van der Waals surface area contributed by atoms with Crippen LogP contribution in [0.1, 0.15) is 51.7 Å². The van der Waals surface area contributed by atoms with Crippen molar-refractivity contribution in [1.82, 2.24) is 30.1 Å². The molecule has 0 spiro atoms. The van der Waals surface area contributed by atoms with Crippen molar-refractivity contribution in [3.05, 3.63) is 53.7 Å². The summed E-state index contributed by atoms with van der Waals surface area (Å²) in [5.74, 6) is -2.40. The van der Waals surface area contributed by atoms with Gasteiger partial charge in [-0.1, -0.05) is 45.9 Å². The van der Waals surface area contributed by atoms with Crippen LogP contribution in [0, 0.1) is 28.6 Å². The van der Waals surface area contributed by atoms with Crippen molar-refractivity contribution in [3.63, 3.8) is 0 Å². The first-order valence-corrected chi connectivity index (χ1v) is 19.5. The molecule has 4 amide bonds. The maximum atomic E-state index is 14.5. The van der Waals surface area contributed by atoms with Crippen molar-refractivity contribution in [3.8, 4) is 22.9 Å². The third kappa shape index (κ3) is 8.49. The summed E-state index contributed by atoms with van der Waals surface area (Å²) in [4.78, 5) is 70.8. The van der Waals surface area contributed by atoms with Gasteiger partial charge in [-0.3, -0.25) is 29.0 Å². The number of likely N-dealkylation sites (N-methyl/N-ethyl adjacent to an activating group) is 1. The maximum Gasteiger partial charge on any atom is 0.324 e. The number of aromatic nitrogens is 1. The summed E-state index contributed by atoms with van der Waals surface area (Å²) in [7, 11) is 3.13. The number of alkyl halides is 1. The molecule has 2 fully saturated rings. The lowest BCUT2D eigenvalue weighted by atomic mass is 9.94. The number of likely N-dealkylation sites (tertiary alicyclic amines) is 1. The average Bonchev–Trinajstić information content (AvgIpc) is 3.50. The summed E-state index contributed by atoms with van der Waals surface area (Å²) in [6.45, 7) is 8.95. The molecular formula is C41H50ClN7O7. The molecule has 4 heterocycles. The fraction of sp³-hybridized carbons (Fsp3) is 0.512. The second-order valence-electron chi connectivity index (χ2n) is 16.2. The van der Waals surface area contributed by atoms with Crippen LogP contribution in [0.15, 0.2) is 42.6 Å². The Morgan fingerprint density at radius 1 is 1.14 bits per heavy atom. The van der Waals surface area contributed by atoms with E-state index in [4.69, 9.17) is 21.1 Å². The minimum absolute atomic E-state index is 0.0635. The van der Waals surface area contributed by atoms with Gasteiger partial charge >= 0.3 is 5.97 Å². The molecule has 3 aromatic rings. The van der Waals surface area contributed by atoms with Gasteiger partial charge in [0.2, 0.25) is 17.7 Å². The van der Waals surface area contributed by atoms with Crippen LogP contribution in [0.3, 0.4) is 0 Å². The molecule has 3 aliphatic heterocycles. The van der Waals surface area contributed by atoms with E-state index in [1.165, 1.54) is 14.8 Å². The number of carbonyl (C=O) groups excluding carboxylic acids is 5. The Kier molecular flexibility index (Phi) is 12.0. The molecule has 2 N–H and O–H groups in total. The number of hydrazine groups is 1. The third-order valence-corrected chi connectivity index (χ3v) is 11.1. The van der Waals surface area contributed by atoms with Crippen LogP contribution in [-0.2, 0) is 41.7 Å². The van der Waals surface area contributed by atoms with Gasteiger partial charge in [0.15, 0.2) is 0 Å². The molecular weight excluding hydrogens is 738 g/mol. The van der Waals surface area contributed by atoms with Gasteiger partial charge in [0.05, 0.1) is 30.7 Å². The number of hydrogen-bond donors (Lipinski definition) is 2. The molecule has 2 saturated heterocycles. The number of carbonyl (C=O) groups is 5. The van der Waals surface area contributed by atoms with Gasteiger partial charge in [0.1, 0.15) is 35.8 Å². The smallest absolute Gasteiger partial charge is 0.324 e. The van der Waals surface area contributed by atoms with E-state index in [-0.39, 0.29) is 49.7 Å². The van der Waals surface area contributed by atoms with Crippen LogP contribution in [0.2, 0.25) is 0 Å². The van der Waals surface area contributed by atoms with Crippen LogP contribution in [0.4, 0.5) is 0 Å². The van der Waals surface area contributed by atoms with Crippen LogP contribution in [0.25, 0.3) is 22.0 Å². The number of halogens is 1. The zero-order valence-corrected chi connectivity index (χ0v) is 33.5. The highest BCUT2D eigenvalue weighted by Crippen LogP contribution is 2.33. The Bertz CT molecular complexity index is 2070. The highest BCUT2D eigenvalue weighted by atomic mass is 35.5. The van der Waals surface area contributed by atoms with E-state index in [9.17, 15) is 29.2 Å². The van der Waals surface area contributed by atoms with Gasteiger partial charge in [-0.15, -0.1) is 11.6 Å². The van der Waals surface area contributed by atoms with E-state index >= 15 is 0 Å². The number of methoxy groups -OCH3 is 1. The number of hydrogen-bond acceptors (Lipinski definition) is 9. The summed E-state index contributed by atoms with van der Waals surface area (Å²) in [6.07, 6.45) is 2.86. The summed E-state index contributed by atoms with van der Waals surface area (Å²) >= 11 is 5.69. The van der Waals surface area contributed by atoms with Gasteiger partial charge in [0, 0.05) is 56.6 Å². The number of amides is 4. The number of esters is 1. The Hall–Kier alpha value is -5.13. The molecule has 0 aliphatic carbocycles. The third-order valence-electron chi connectivity index (χ3n) is 10.9. The average molecular weight is 788 g/mol. The lowest BCUT2D eigenvalue weighted by Crippen LogP contribution is -2.63. The fourth-order valence-electron chi connectivity index (χ4n) is 7.90. The summed E-state index contributed by atoms with van der Waals surface area (Å²) < 4.78 is 13.6.